The normalized spacial score (nSPS) is 10.1. The number of carbonyl (C=O) groups excluding carboxylic acids is 2. The van der Waals surface area contributed by atoms with Crippen molar-refractivity contribution in [3.05, 3.63) is 59.7 Å². The molecule has 2 amide bonds. The molecule has 5 nitrogen and oxygen atoms in total. The first-order valence-corrected chi connectivity index (χ1v) is 7.86. The second-order valence-electron chi connectivity index (χ2n) is 5.55. The van der Waals surface area contributed by atoms with Crippen molar-refractivity contribution >= 4 is 17.5 Å². The van der Waals surface area contributed by atoms with Gasteiger partial charge in [0.25, 0.3) is 0 Å². The number of rotatable bonds is 7. The summed E-state index contributed by atoms with van der Waals surface area (Å²) in [5, 5.41) is 5.44. The molecule has 0 atom stereocenters. The first-order chi connectivity index (χ1) is 11.5. The number of benzene rings is 2. The summed E-state index contributed by atoms with van der Waals surface area (Å²) in [5.41, 5.74) is 2.75. The van der Waals surface area contributed by atoms with E-state index in [0.29, 0.717) is 13.2 Å². The minimum Gasteiger partial charge on any atom is -0.492 e. The third-order valence-corrected chi connectivity index (χ3v) is 3.42. The Hall–Kier alpha value is -2.82. The molecule has 0 saturated carbocycles. The summed E-state index contributed by atoms with van der Waals surface area (Å²) in [7, 11) is 0. The van der Waals surface area contributed by atoms with Crippen LogP contribution in [0.15, 0.2) is 48.5 Å². The lowest BCUT2D eigenvalue weighted by atomic mass is 10.1. The maximum absolute atomic E-state index is 11.9. The average Bonchev–Trinajstić information content (AvgIpc) is 2.56. The van der Waals surface area contributed by atoms with Crippen molar-refractivity contribution in [1.82, 2.24) is 5.32 Å². The van der Waals surface area contributed by atoms with E-state index in [1.165, 1.54) is 0 Å². The number of para-hydroxylation sites is 1. The van der Waals surface area contributed by atoms with Crippen LogP contribution < -0.4 is 15.4 Å². The highest BCUT2D eigenvalue weighted by molar-refractivity contribution is 6.03. The minimum absolute atomic E-state index is 0.210. The molecule has 0 aliphatic carbocycles. The molecule has 0 unspecified atom stereocenters. The Kier molecular flexibility index (Phi) is 6.37. The van der Waals surface area contributed by atoms with Crippen molar-refractivity contribution in [2.45, 2.75) is 20.3 Å². The maximum atomic E-state index is 11.9. The van der Waals surface area contributed by atoms with Crippen LogP contribution in [0.25, 0.3) is 0 Å². The number of ether oxygens (including phenoxy) is 1. The molecule has 0 radical (unpaired) electrons. The minimum atomic E-state index is -0.329. The molecule has 2 N–H and O–H groups in total. The number of hydrogen-bond donors (Lipinski definition) is 2. The fourth-order valence-corrected chi connectivity index (χ4v) is 2.15. The van der Waals surface area contributed by atoms with Gasteiger partial charge in [0.2, 0.25) is 11.8 Å². The molecule has 0 spiro atoms. The predicted molar refractivity (Wildman–Crippen MR) is 94.1 cm³/mol. The zero-order valence-electron chi connectivity index (χ0n) is 14.0. The highest BCUT2D eigenvalue weighted by Crippen LogP contribution is 2.16. The van der Waals surface area contributed by atoms with Crippen LogP contribution in [0.2, 0.25) is 0 Å². The number of anilines is 1. The molecule has 0 aliphatic heterocycles. The van der Waals surface area contributed by atoms with Crippen molar-refractivity contribution in [2.75, 3.05) is 18.5 Å². The largest absolute Gasteiger partial charge is 0.492 e. The lowest BCUT2D eigenvalue weighted by molar-refractivity contribution is -0.126. The van der Waals surface area contributed by atoms with Crippen molar-refractivity contribution < 1.29 is 14.3 Å². The van der Waals surface area contributed by atoms with Gasteiger partial charge in [-0.05, 0) is 43.2 Å². The van der Waals surface area contributed by atoms with E-state index in [1.54, 1.807) is 0 Å². The molecule has 0 aromatic heterocycles. The molecule has 24 heavy (non-hydrogen) atoms. The van der Waals surface area contributed by atoms with E-state index in [-0.39, 0.29) is 18.2 Å². The summed E-state index contributed by atoms with van der Waals surface area (Å²) in [6.45, 7) is 4.57. The molecule has 2 aromatic carbocycles. The lowest BCUT2D eigenvalue weighted by Crippen LogP contribution is -2.31. The number of nitrogens with one attached hydrogen (secondary N) is 2. The number of amides is 2. The van der Waals surface area contributed by atoms with Crippen LogP contribution in [-0.4, -0.2) is 25.0 Å². The molecule has 0 fully saturated rings. The first-order valence-electron chi connectivity index (χ1n) is 7.86. The summed E-state index contributed by atoms with van der Waals surface area (Å²) >= 11 is 0. The van der Waals surface area contributed by atoms with Crippen LogP contribution in [0, 0.1) is 13.8 Å². The Labute approximate surface area is 142 Å². The van der Waals surface area contributed by atoms with Crippen LogP contribution >= 0.6 is 0 Å². The van der Waals surface area contributed by atoms with Crippen molar-refractivity contribution in [2.24, 2.45) is 0 Å². The summed E-state index contributed by atoms with van der Waals surface area (Å²) in [5.74, 6) is 0.0964. The van der Waals surface area contributed by atoms with Gasteiger partial charge in [-0.2, -0.15) is 0 Å². The van der Waals surface area contributed by atoms with Gasteiger partial charge in [0.15, 0.2) is 0 Å². The van der Waals surface area contributed by atoms with Crippen LogP contribution in [-0.2, 0) is 9.59 Å². The number of hydrogen-bond acceptors (Lipinski definition) is 3. The van der Waals surface area contributed by atoms with Gasteiger partial charge in [0.05, 0.1) is 6.54 Å². The van der Waals surface area contributed by atoms with Gasteiger partial charge in [-0.15, -0.1) is 0 Å². The molecule has 2 aromatic rings. The van der Waals surface area contributed by atoms with Gasteiger partial charge in [-0.25, -0.2) is 0 Å². The molecular formula is C19H22N2O3. The Morgan fingerprint density at radius 2 is 1.75 bits per heavy atom. The third kappa shape index (κ3) is 5.76. The fourth-order valence-electron chi connectivity index (χ4n) is 2.15. The van der Waals surface area contributed by atoms with Gasteiger partial charge in [0.1, 0.15) is 18.8 Å². The Morgan fingerprint density at radius 1 is 1.00 bits per heavy atom. The van der Waals surface area contributed by atoms with Crippen LogP contribution in [0.3, 0.4) is 0 Å². The van der Waals surface area contributed by atoms with Gasteiger partial charge < -0.3 is 15.4 Å². The topological polar surface area (TPSA) is 67.4 Å². The molecule has 2 rings (SSSR count). The second kappa shape index (κ2) is 8.72. The van der Waals surface area contributed by atoms with Crippen LogP contribution in [0.1, 0.15) is 17.5 Å². The average molecular weight is 326 g/mol. The van der Waals surface area contributed by atoms with Crippen molar-refractivity contribution in [3.8, 4) is 5.75 Å². The highest BCUT2D eigenvalue weighted by Gasteiger charge is 2.10. The van der Waals surface area contributed by atoms with E-state index in [1.807, 2.05) is 62.4 Å². The van der Waals surface area contributed by atoms with Crippen molar-refractivity contribution in [3.63, 3.8) is 0 Å². The second-order valence-corrected chi connectivity index (χ2v) is 5.55. The van der Waals surface area contributed by atoms with Gasteiger partial charge in [-0.3, -0.25) is 9.59 Å². The van der Waals surface area contributed by atoms with Crippen molar-refractivity contribution in [1.29, 1.82) is 0 Å². The van der Waals surface area contributed by atoms with Gasteiger partial charge in [-0.1, -0.05) is 30.3 Å². The van der Waals surface area contributed by atoms with Gasteiger partial charge in [0, 0.05) is 5.69 Å². The zero-order chi connectivity index (χ0) is 17.4. The predicted octanol–water partition coefficient (Wildman–Crippen LogP) is 2.83. The quantitative estimate of drug-likeness (QED) is 0.607. The van der Waals surface area contributed by atoms with Gasteiger partial charge >= 0.3 is 0 Å². The summed E-state index contributed by atoms with van der Waals surface area (Å²) in [4.78, 5) is 23.7. The molecular weight excluding hydrogens is 304 g/mol. The summed E-state index contributed by atoms with van der Waals surface area (Å²) in [6.07, 6.45) is -0.210. The van der Waals surface area contributed by atoms with Crippen LogP contribution in [0.5, 0.6) is 5.75 Å². The fraction of sp³-hybridized carbons (Fsp3) is 0.263. The maximum Gasteiger partial charge on any atom is 0.233 e. The number of carbonyl (C=O) groups is 2. The third-order valence-electron chi connectivity index (χ3n) is 3.42. The Morgan fingerprint density at radius 3 is 2.50 bits per heavy atom. The SMILES string of the molecule is Cc1ccc(C)c(NC(=O)CC(=O)NCCOc2ccccc2)c1. The van der Waals surface area contributed by atoms with Crippen LogP contribution in [0.4, 0.5) is 5.69 Å². The molecule has 0 bridgehead atoms. The highest BCUT2D eigenvalue weighted by atomic mass is 16.5. The number of aryl methyl sites for hydroxylation is 2. The summed E-state index contributed by atoms with van der Waals surface area (Å²) < 4.78 is 5.47. The molecule has 0 saturated heterocycles. The molecule has 126 valence electrons. The first kappa shape index (κ1) is 17.5. The monoisotopic (exact) mass is 326 g/mol. The summed E-state index contributed by atoms with van der Waals surface area (Å²) in [6, 6.07) is 15.2. The molecule has 0 aliphatic rings. The molecule has 5 heteroatoms. The standard InChI is InChI=1S/C19H22N2O3/c1-14-8-9-15(2)17(12-14)21-19(23)13-18(22)20-10-11-24-16-6-4-3-5-7-16/h3-9,12H,10-11,13H2,1-2H3,(H,20,22)(H,21,23). The van der Waals surface area contributed by atoms with E-state index in [2.05, 4.69) is 10.6 Å². The van der Waals surface area contributed by atoms with E-state index in [0.717, 1.165) is 22.6 Å². The zero-order valence-corrected chi connectivity index (χ0v) is 14.0. The van der Waals surface area contributed by atoms with E-state index >= 15 is 0 Å². The van der Waals surface area contributed by atoms with E-state index in [4.69, 9.17) is 4.74 Å². The lowest BCUT2D eigenvalue weighted by Gasteiger charge is -2.10. The van der Waals surface area contributed by atoms with E-state index in [9.17, 15) is 9.59 Å². The molecule has 0 heterocycles. The Bertz CT molecular complexity index is 699. The smallest absolute Gasteiger partial charge is 0.233 e. The van der Waals surface area contributed by atoms with E-state index < -0.39 is 0 Å². The Balaban J connectivity index is 1.70.